The number of ether oxygens (including phenoxy) is 1. The summed E-state index contributed by atoms with van der Waals surface area (Å²) in [5.74, 6) is -1.44. The van der Waals surface area contributed by atoms with Crippen LogP contribution in [0.25, 0.3) is 16.9 Å². The minimum atomic E-state index is -0.922. The molecule has 6 rings (SSSR count). The number of piperidine rings is 1. The van der Waals surface area contributed by atoms with Crippen LogP contribution >= 0.6 is 0 Å². The third-order valence-electron chi connectivity index (χ3n) is 10.4. The molecular formula is C40H47F2N5O3. The number of likely N-dealkylation sites (tertiary alicyclic amines) is 1. The first kappa shape index (κ1) is 35.6. The Balaban J connectivity index is 1.21. The van der Waals surface area contributed by atoms with Crippen molar-refractivity contribution in [2.24, 2.45) is 5.92 Å². The highest BCUT2D eigenvalue weighted by molar-refractivity contribution is 5.96. The molecule has 2 N–H and O–H groups in total. The van der Waals surface area contributed by atoms with E-state index in [4.69, 9.17) is 9.84 Å². The Kier molecular flexibility index (Phi) is 11.5. The number of ketones is 1. The summed E-state index contributed by atoms with van der Waals surface area (Å²) in [5.41, 5.74) is 5.32. The van der Waals surface area contributed by atoms with Crippen LogP contribution in [0.3, 0.4) is 0 Å². The van der Waals surface area contributed by atoms with Crippen molar-refractivity contribution in [2.45, 2.75) is 70.5 Å². The van der Waals surface area contributed by atoms with Crippen LogP contribution in [0.15, 0.2) is 72.8 Å². The van der Waals surface area contributed by atoms with E-state index >= 15 is 0 Å². The van der Waals surface area contributed by atoms with Crippen molar-refractivity contribution in [1.29, 1.82) is 0 Å². The Hall–Kier alpha value is -4.25. The maximum absolute atomic E-state index is 14.2. The van der Waals surface area contributed by atoms with Crippen LogP contribution in [0.5, 0.6) is 0 Å². The molecule has 3 aromatic carbocycles. The fraction of sp³-hybridized carbons (Fsp3) is 0.425. The molecule has 8 nitrogen and oxygen atoms in total. The van der Waals surface area contributed by atoms with Gasteiger partial charge in [-0.05, 0) is 93.6 Å². The quantitative estimate of drug-likeness (QED) is 0.155. The maximum Gasteiger partial charge on any atom is 0.226 e. The molecule has 0 bridgehead atoms. The van der Waals surface area contributed by atoms with E-state index in [1.165, 1.54) is 6.07 Å². The summed E-state index contributed by atoms with van der Waals surface area (Å²) in [6.45, 7) is 7.85. The Bertz CT molecular complexity index is 1770. The lowest BCUT2D eigenvalue weighted by molar-refractivity contribution is -0.121. The number of carbonyl (C=O) groups excluding carboxylic acids is 2. The van der Waals surface area contributed by atoms with Gasteiger partial charge in [-0.3, -0.25) is 9.59 Å². The second-order valence-corrected chi connectivity index (χ2v) is 13.6. The number of carbonyl (C=O) groups is 2. The Morgan fingerprint density at radius 1 is 1.00 bits per heavy atom. The molecule has 2 aliphatic heterocycles. The molecule has 2 fully saturated rings. The lowest BCUT2D eigenvalue weighted by atomic mass is 9.89. The van der Waals surface area contributed by atoms with E-state index in [-0.39, 0.29) is 30.2 Å². The molecule has 2 aliphatic rings. The van der Waals surface area contributed by atoms with Crippen LogP contribution in [0.1, 0.15) is 72.2 Å². The number of nitrogens with one attached hydrogen (secondary N) is 2. The van der Waals surface area contributed by atoms with Crippen molar-refractivity contribution >= 4 is 11.7 Å². The van der Waals surface area contributed by atoms with E-state index in [0.717, 1.165) is 73.2 Å². The Morgan fingerprint density at radius 3 is 2.42 bits per heavy atom. The van der Waals surface area contributed by atoms with Crippen molar-refractivity contribution in [3.05, 3.63) is 107 Å². The second kappa shape index (κ2) is 16.2. The summed E-state index contributed by atoms with van der Waals surface area (Å²) in [5, 5.41) is 11.7. The third kappa shape index (κ3) is 8.20. The molecule has 3 atom stereocenters. The molecule has 0 spiro atoms. The summed E-state index contributed by atoms with van der Waals surface area (Å²) in [6, 6.07) is 20.5. The van der Waals surface area contributed by atoms with E-state index in [2.05, 4.69) is 22.5 Å². The number of hydrogen-bond donors (Lipinski definition) is 2. The monoisotopic (exact) mass is 683 g/mol. The van der Waals surface area contributed by atoms with Crippen molar-refractivity contribution in [2.75, 3.05) is 33.4 Å². The van der Waals surface area contributed by atoms with Crippen LogP contribution in [-0.4, -0.2) is 71.8 Å². The Morgan fingerprint density at radius 2 is 1.74 bits per heavy atom. The zero-order valence-electron chi connectivity index (χ0n) is 29.1. The molecule has 1 aromatic heterocycles. The number of benzene rings is 3. The summed E-state index contributed by atoms with van der Waals surface area (Å²) in [7, 11) is 1.64. The number of methoxy groups -OCH3 is 1. The van der Waals surface area contributed by atoms with Gasteiger partial charge in [0.2, 0.25) is 5.91 Å². The molecule has 0 saturated carbocycles. The fourth-order valence-electron chi connectivity index (χ4n) is 7.42. The van der Waals surface area contributed by atoms with Gasteiger partial charge in [-0.15, -0.1) is 0 Å². The van der Waals surface area contributed by atoms with Gasteiger partial charge >= 0.3 is 0 Å². The lowest BCUT2D eigenvalue weighted by Crippen LogP contribution is -2.39. The highest BCUT2D eigenvalue weighted by Crippen LogP contribution is 2.32. The highest BCUT2D eigenvalue weighted by atomic mass is 19.2. The number of para-hydroxylation sites is 1. The molecule has 3 heterocycles. The fourth-order valence-corrected chi connectivity index (χ4v) is 7.42. The predicted octanol–water partition coefficient (Wildman–Crippen LogP) is 6.60. The van der Waals surface area contributed by atoms with E-state index in [1.54, 1.807) is 13.2 Å². The van der Waals surface area contributed by atoms with E-state index in [1.807, 2.05) is 66.2 Å². The van der Waals surface area contributed by atoms with E-state index < -0.39 is 17.7 Å². The first-order valence-electron chi connectivity index (χ1n) is 17.7. The molecule has 50 heavy (non-hydrogen) atoms. The smallest absolute Gasteiger partial charge is 0.226 e. The normalized spacial score (nSPS) is 19.9. The summed E-state index contributed by atoms with van der Waals surface area (Å²) >= 11 is 0. The third-order valence-corrected chi connectivity index (χ3v) is 10.4. The standard InChI is InChI=1S/C40H47F2N5O3/c1-4-46-19-16-27(17-20-46)22-37(48)28-10-12-29(13-11-28)39-26(2)36(47(45-39)32-8-6-5-7-9-32)25-38(49)44-35-24-31(18-21-50-3)43-40(35)30-14-15-33(41)34(42)23-30/h5-15,23,27,31,35,40,43H,4,16-22,24-25H2,1-3H3,(H,44,49)/t31-,35-,40+/m1/s1. The molecular weight excluding hydrogens is 636 g/mol. The topological polar surface area (TPSA) is 88.5 Å². The molecule has 10 heteroatoms. The first-order valence-corrected chi connectivity index (χ1v) is 17.7. The Labute approximate surface area is 293 Å². The molecule has 4 aromatic rings. The molecule has 0 unspecified atom stereocenters. The van der Waals surface area contributed by atoms with Gasteiger partial charge in [0.1, 0.15) is 0 Å². The van der Waals surface area contributed by atoms with Gasteiger partial charge in [0.25, 0.3) is 0 Å². The van der Waals surface area contributed by atoms with Gasteiger partial charge in [-0.25, -0.2) is 13.5 Å². The van der Waals surface area contributed by atoms with Gasteiger partial charge in [0.05, 0.1) is 29.5 Å². The highest BCUT2D eigenvalue weighted by Gasteiger charge is 2.36. The van der Waals surface area contributed by atoms with Gasteiger partial charge in [0.15, 0.2) is 17.4 Å². The maximum atomic E-state index is 14.2. The molecule has 2 saturated heterocycles. The van der Waals surface area contributed by atoms with Crippen molar-refractivity contribution in [1.82, 2.24) is 25.3 Å². The van der Waals surface area contributed by atoms with E-state index in [0.29, 0.717) is 36.5 Å². The molecule has 0 aliphatic carbocycles. The lowest BCUT2D eigenvalue weighted by Gasteiger charge is -2.30. The van der Waals surface area contributed by atoms with Crippen LogP contribution < -0.4 is 10.6 Å². The number of rotatable bonds is 13. The average molecular weight is 684 g/mol. The summed E-state index contributed by atoms with van der Waals surface area (Å²) < 4.78 is 35.1. The molecule has 264 valence electrons. The van der Waals surface area contributed by atoms with Crippen LogP contribution in [0.2, 0.25) is 0 Å². The average Bonchev–Trinajstić information content (AvgIpc) is 3.69. The van der Waals surface area contributed by atoms with Gasteiger partial charge < -0.3 is 20.3 Å². The van der Waals surface area contributed by atoms with E-state index in [9.17, 15) is 18.4 Å². The number of nitrogens with zero attached hydrogens (tertiary/aromatic N) is 3. The predicted molar refractivity (Wildman–Crippen MR) is 190 cm³/mol. The second-order valence-electron chi connectivity index (χ2n) is 13.6. The number of aromatic nitrogens is 2. The molecule has 1 amide bonds. The SMILES string of the molecule is CCN1CCC(CC(=O)c2ccc(-c3nn(-c4ccccc4)c(CC(=O)N[C@@H]4C[C@@H](CCOC)N[C@H]4c4ccc(F)c(F)c4)c3C)cc2)CC1. The van der Waals surface area contributed by atoms with Gasteiger partial charge in [-0.2, -0.15) is 5.10 Å². The van der Waals surface area contributed by atoms with Gasteiger partial charge in [-0.1, -0.05) is 55.5 Å². The summed E-state index contributed by atoms with van der Waals surface area (Å²) in [6.07, 6.45) is 4.07. The minimum absolute atomic E-state index is 0.0329. The number of amides is 1. The number of Topliss-reactive ketones (excluding diaryl/α,β-unsaturated/α-hetero) is 1. The van der Waals surface area contributed by atoms with Crippen LogP contribution in [0.4, 0.5) is 8.78 Å². The number of halogens is 2. The first-order chi connectivity index (χ1) is 24.2. The largest absolute Gasteiger partial charge is 0.385 e. The van der Waals surface area contributed by atoms with Crippen molar-refractivity contribution in [3.63, 3.8) is 0 Å². The zero-order chi connectivity index (χ0) is 35.2. The van der Waals surface area contributed by atoms with Gasteiger partial charge in [0, 0.05) is 43.3 Å². The molecule has 0 radical (unpaired) electrons. The van der Waals surface area contributed by atoms with Crippen molar-refractivity contribution in [3.8, 4) is 16.9 Å². The minimum Gasteiger partial charge on any atom is -0.385 e. The summed E-state index contributed by atoms with van der Waals surface area (Å²) in [4.78, 5) is 29.4. The van der Waals surface area contributed by atoms with Crippen molar-refractivity contribution < 1.29 is 23.1 Å². The zero-order valence-corrected chi connectivity index (χ0v) is 29.1. The van der Waals surface area contributed by atoms with Crippen LogP contribution in [-0.2, 0) is 16.0 Å². The van der Waals surface area contributed by atoms with Crippen LogP contribution in [0, 0.1) is 24.5 Å². The number of hydrogen-bond acceptors (Lipinski definition) is 6.